The van der Waals surface area contributed by atoms with Gasteiger partial charge in [-0.2, -0.15) is 0 Å². The second-order valence-electron chi connectivity index (χ2n) is 9.01. The van der Waals surface area contributed by atoms with Crippen LogP contribution in [0, 0.1) is 5.41 Å². The lowest BCUT2D eigenvalue weighted by Gasteiger charge is -2.45. The quantitative estimate of drug-likeness (QED) is 0.374. The molecular formula is C21H34N2O7S. The summed E-state index contributed by atoms with van der Waals surface area (Å²) in [5, 5.41) is 5.43. The van der Waals surface area contributed by atoms with E-state index >= 15 is 0 Å². The average Bonchev–Trinajstić information content (AvgIpc) is 3.07. The zero-order chi connectivity index (χ0) is 23.1. The first-order valence-electron chi connectivity index (χ1n) is 10.7. The fourth-order valence-corrected chi connectivity index (χ4v) is 4.01. The predicted octanol–water partition coefficient (Wildman–Crippen LogP) is 1.53. The van der Waals surface area contributed by atoms with Crippen LogP contribution in [0.4, 0.5) is 0 Å². The lowest BCUT2D eigenvalue weighted by molar-refractivity contribution is -0.311. The van der Waals surface area contributed by atoms with Crippen LogP contribution < -0.4 is 10.6 Å². The monoisotopic (exact) mass is 458 g/mol. The summed E-state index contributed by atoms with van der Waals surface area (Å²) in [5.74, 6) is -0.889. The molecule has 0 aliphatic carbocycles. The van der Waals surface area contributed by atoms with E-state index in [1.807, 2.05) is 27.7 Å². The molecule has 2 rings (SSSR count). The van der Waals surface area contributed by atoms with Gasteiger partial charge in [0.25, 0.3) is 0 Å². The Morgan fingerprint density at radius 2 is 1.77 bits per heavy atom. The number of hydrogen-bond donors (Lipinski definition) is 2. The fourth-order valence-electron chi connectivity index (χ4n) is 3.28. The molecule has 2 saturated heterocycles. The second-order valence-corrected chi connectivity index (χ2v) is 10.2. The molecule has 9 nitrogen and oxygen atoms in total. The molecule has 2 fully saturated rings. The topological polar surface area (TPSA) is 120 Å². The van der Waals surface area contributed by atoms with Gasteiger partial charge < -0.3 is 24.8 Å². The third kappa shape index (κ3) is 9.16. The Bertz CT molecular complexity index is 681. The first-order valence-corrected chi connectivity index (χ1v) is 11.7. The number of amides is 2. The van der Waals surface area contributed by atoms with Gasteiger partial charge >= 0.3 is 5.97 Å². The van der Waals surface area contributed by atoms with Crippen molar-refractivity contribution in [2.75, 3.05) is 25.4 Å². The number of carbonyl (C=O) groups excluding carboxylic acids is 4. The van der Waals surface area contributed by atoms with Gasteiger partial charge in [-0.3, -0.25) is 19.2 Å². The molecule has 2 atom stereocenters. The highest BCUT2D eigenvalue weighted by Gasteiger charge is 2.42. The second kappa shape index (κ2) is 11.3. The van der Waals surface area contributed by atoms with Crippen molar-refractivity contribution in [3.05, 3.63) is 0 Å². The molecular weight excluding hydrogens is 424 g/mol. The van der Waals surface area contributed by atoms with Crippen LogP contribution in [0.25, 0.3) is 0 Å². The molecule has 0 aromatic heterocycles. The van der Waals surface area contributed by atoms with E-state index in [4.69, 9.17) is 14.2 Å². The van der Waals surface area contributed by atoms with Crippen LogP contribution in [0.2, 0.25) is 0 Å². The third-order valence-electron chi connectivity index (χ3n) is 5.18. The van der Waals surface area contributed by atoms with Crippen molar-refractivity contribution < 1.29 is 33.4 Å². The summed E-state index contributed by atoms with van der Waals surface area (Å²) in [6.45, 7) is 8.74. The van der Waals surface area contributed by atoms with Crippen molar-refractivity contribution in [1.29, 1.82) is 0 Å². The zero-order valence-corrected chi connectivity index (χ0v) is 19.6. The Morgan fingerprint density at radius 3 is 2.45 bits per heavy atom. The third-order valence-corrected chi connectivity index (χ3v) is 6.08. The van der Waals surface area contributed by atoms with E-state index in [1.165, 1.54) is 0 Å². The summed E-state index contributed by atoms with van der Waals surface area (Å²) in [6.07, 6.45) is 0.946. The number of rotatable bonds is 10. The minimum absolute atomic E-state index is 0.0531. The first kappa shape index (κ1) is 25.6. The predicted molar refractivity (Wildman–Crippen MR) is 115 cm³/mol. The highest BCUT2D eigenvalue weighted by atomic mass is 32.2. The van der Waals surface area contributed by atoms with Gasteiger partial charge in [0.2, 0.25) is 11.8 Å². The molecule has 0 aromatic carbocycles. The van der Waals surface area contributed by atoms with Gasteiger partial charge in [-0.25, -0.2) is 0 Å². The Kier molecular flexibility index (Phi) is 9.32. The number of nitrogens with one attached hydrogen (secondary N) is 2. The molecule has 0 bridgehead atoms. The highest BCUT2D eigenvalue weighted by molar-refractivity contribution is 8.13. The summed E-state index contributed by atoms with van der Waals surface area (Å²) < 4.78 is 16.6. The maximum atomic E-state index is 12.3. The Balaban J connectivity index is 1.54. The maximum Gasteiger partial charge on any atom is 0.306 e. The smallest absolute Gasteiger partial charge is 0.306 e. The van der Waals surface area contributed by atoms with E-state index in [2.05, 4.69) is 10.6 Å². The van der Waals surface area contributed by atoms with Crippen molar-refractivity contribution in [1.82, 2.24) is 10.6 Å². The Labute approximate surface area is 187 Å². The van der Waals surface area contributed by atoms with Crippen molar-refractivity contribution in [3.63, 3.8) is 0 Å². The van der Waals surface area contributed by atoms with E-state index in [9.17, 15) is 19.2 Å². The van der Waals surface area contributed by atoms with Crippen LogP contribution in [0.3, 0.4) is 0 Å². The van der Waals surface area contributed by atoms with E-state index in [0.29, 0.717) is 31.7 Å². The zero-order valence-electron chi connectivity index (χ0n) is 18.8. The lowest BCUT2D eigenvalue weighted by atomic mass is 9.84. The van der Waals surface area contributed by atoms with Crippen LogP contribution in [-0.4, -0.2) is 66.3 Å². The van der Waals surface area contributed by atoms with Crippen LogP contribution in [0.1, 0.15) is 59.8 Å². The molecule has 2 aliphatic heterocycles. The normalized spacial score (nSPS) is 24.3. The van der Waals surface area contributed by atoms with Gasteiger partial charge in [-0.1, -0.05) is 25.6 Å². The summed E-state index contributed by atoms with van der Waals surface area (Å²) in [4.78, 5) is 47.0. The SMILES string of the molecule is CC1(C)OCC(C)(C)C(CC(=O)NCCC(=O)NCCSC(=O)CC2CCC(=O)O2)O1. The number of carbonyl (C=O) groups is 4. The van der Waals surface area contributed by atoms with Gasteiger partial charge in [-0.15, -0.1) is 0 Å². The standard InChI is InChI=1S/C21H34N2O7S/c1-20(2)13-28-21(3,4)30-15(20)12-17(25)22-8-7-16(24)23-9-10-31-19(27)11-14-5-6-18(26)29-14/h14-15H,5-13H2,1-4H3,(H,22,25)(H,23,24). The maximum absolute atomic E-state index is 12.3. The molecule has 2 amide bonds. The fraction of sp³-hybridized carbons (Fsp3) is 0.810. The van der Waals surface area contributed by atoms with Crippen LogP contribution in [0.5, 0.6) is 0 Å². The highest BCUT2D eigenvalue weighted by Crippen LogP contribution is 2.36. The average molecular weight is 459 g/mol. The Morgan fingerprint density at radius 1 is 1.06 bits per heavy atom. The number of esters is 1. The van der Waals surface area contributed by atoms with E-state index in [0.717, 1.165) is 11.8 Å². The van der Waals surface area contributed by atoms with Crippen LogP contribution >= 0.6 is 11.8 Å². The van der Waals surface area contributed by atoms with Crippen LogP contribution in [-0.2, 0) is 33.4 Å². The molecule has 2 heterocycles. The number of thioether (sulfide) groups is 1. The van der Waals surface area contributed by atoms with Gasteiger partial charge in [0.15, 0.2) is 10.9 Å². The van der Waals surface area contributed by atoms with Gasteiger partial charge in [0.05, 0.1) is 25.6 Å². The molecule has 176 valence electrons. The van der Waals surface area contributed by atoms with Gasteiger partial charge in [0.1, 0.15) is 6.10 Å². The molecule has 0 spiro atoms. The molecule has 2 N–H and O–H groups in total. The number of ether oxygens (including phenoxy) is 3. The van der Waals surface area contributed by atoms with Gasteiger partial charge in [-0.05, 0) is 20.3 Å². The molecule has 0 saturated carbocycles. The van der Waals surface area contributed by atoms with Crippen molar-refractivity contribution in [3.8, 4) is 0 Å². The van der Waals surface area contributed by atoms with E-state index in [-0.39, 0.29) is 66.3 Å². The summed E-state index contributed by atoms with van der Waals surface area (Å²) in [5.41, 5.74) is -0.279. The minimum atomic E-state index is -0.721. The van der Waals surface area contributed by atoms with E-state index < -0.39 is 5.79 Å². The molecule has 2 unspecified atom stereocenters. The molecule has 31 heavy (non-hydrogen) atoms. The number of hydrogen-bond acceptors (Lipinski definition) is 8. The first-order chi connectivity index (χ1) is 14.5. The molecule has 2 aliphatic rings. The van der Waals surface area contributed by atoms with Crippen LogP contribution in [0.15, 0.2) is 0 Å². The number of cyclic esters (lactones) is 1. The Hall–Kier alpha value is -1.65. The van der Waals surface area contributed by atoms with Gasteiger partial charge in [0, 0.05) is 37.1 Å². The summed E-state index contributed by atoms with van der Waals surface area (Å²) in [7, 11) is 0. The molecule has 0 radical (unpaired) electrons. The van der Waals surface area contributed by atoms with Crippen molar-refractivity contribution >= 4 is 34.7 Å². The molecule has 0 aromatic rings. The largest absolute Gasteiger partial charge is 0.462 e. The summed E-state index contributed by atoms with van der Waals surface area (Å²) >= 11 is 1.12. The van der Waals surface area contributed by atoms with Crippen molar-refractivity contribution in [2.45, 2.75) is 77.8 Å². The molecule has 10 heteroatoms. The lowest BCUT2D eigenvalue weighted by Crippen LogP contribution is -2.51. The summed E-state index contributed by atoms with van der Waals surface area (Å²) in [6, 6.07) is 0. The van der Waals surface area contributed by atoms with E-state index in [1.54, 1.807) is 0 Å². The van der Waals surface area contributed by atoms with Crippen molar-refractivity contribution in [2.24, 2.45) is 5.41 Å². The minimum Gasteiger partial charge on any atom is -0.462 e.